The van der Waals surface area contributed by atoms with Gasteiger partial charge in [-0.05, 0) is 40.9 Å². The molecule has 1 aliphatic carbocycles. The number of carbonyl (C=O) groups excluding carboxylic acids is 1. The molecule has 20 heavy (non-hydrogen) atoms. The smallest absolute Gasteiger partial charge is 0.153 e. The van der Waals surface area contributed by atoms with E-state index < -0.39 is 0 Å². The van der Waals surface area contributed by atoms with Crippen LogP contribution in [0.1, 0.15) is 48.5 Å². The number of hydrogen-bond acceptors (Lipinski definition) is 3. The summed E-state index contributed by atoms with van der Waals surface area (Å²) in [4.78, 5) is 15.6. The first-order valence-corrected chi connectivity index (χ1v) is 7.73. The van der Waals surface area contributed by atoms with Crippen molar-refractivity contribution in [3.63, 3.8) is 0 Å². The second-order valence-electron chi connectivity index (χ2n) is 5.18. The van der Waals surface area contributed by atoms with Crippen LogP contribution in [0.4, 0.5) is 0 Å². The Labute approximate surface area is 126 Å². The average molecular weight is 334 g/mol. The summed E-state index contributed by atoms with van der Waals surface area (Å²) < 4.78 is 2.88. The Kier molecular flexibility index (Phi) is 3.96. The van der Waals surface area contributed by atoms with E-state index in [-0.39, 0.29) is 0 Å². The number of pyridine rings is 1. The van der Waals surface area contributed by atoms with Crippen molar-refractivity contribution in [2.75, 3.05) is 0 Å². The van der Waals surface area contributed by atoms with E-state index in [4.69, 9.17) is 0 Å². The summed E-state index contributed by atoms with van der Waals surface area (Å²) in [5, 5.41) is 4.61. The van der Waals surface area contributed by atoms with E-state index in [0.29, 0.717) is 17.3 Å². The third kappa shape index (κ3) is 2.68. The number of carbonyl (C=O) groups is 1. The zero-order chi connectivity index (χ0) is 13.9. The molecule has 0 N–H and O–H groups in total. The van der Waals surface area contributed by atoms with Gasteiger partial charge in [-0.1, -0.05) is 19.3 Å². The predicted octanol–water partition coefficient (Wildman–Crippen LogP) is 4.03. The van der Waals surface area contributed by atoms with E-state index in [9.17, 15) is 4.79 Å². The average Bonchev–Trinajstić information content (AvgIpc) is 2.93. The minimum absolute atomic E-state index is 0.423. The number of hydrogen-bond donors (Lipinski definition) is 0. The van der Waals surface area contributed by atoms with Crippen molar-refractivity contribution < 1.29 is 4.79 Å². The van der Waals surface area contributed by atoms with Crippen LogP contribution in [0.25, 0.3) is 11.4 Å². The third-order valence-corrected chi connectivity index (χ3v) is 4.28. The highest BCUT2D eigenvalue weighted by molar-refractivity contribution is 9.10. The van der Waals surface area contributed by atoms with Gasteiger partial charge in [0.15, 0.2) is 6.29 Å². The summed E-state index contributed by atoms with van der Waals surface area (Å²) in [5.74, 6) is 0. The molecule has 1 fully saturated rings. The largest absolute Gasteiger partial charge is 0.298 e. The van der Waals surface area contributed by atoms with Crippen molar-refractivity contribution in [3.8, 4) is 11.4 Å². The zero-order valence-electron chi connectivity index (χ0n) is 11.1. The molecule has 5 heteroatoms. The van der Waals surface area contributed by atoms with Gasteiger partial charge in [-0.15, -0.1) is 0 Å². The van der Waals surface area contributed by atoms with Gasteiger partial charge in [-0.2, -0.15) is 5.10 Å². The fourth-order valence-corrected chi connectivity index (χ4v) is 2.97. The summed E-state index contributed by atoms with van der Waals surface area (Å²) in [6.07, 6.45) is 10.5. The highest BCUT2D eigenvalue weighted by Gasteiger charge is 2.19. The molecule has 0 radical (unpaired) electrons. The molecule has 2 aromatic heterocycles. The fraction of sp³-hybridized carbons (Fsp3) is 0.400. The SMILES string of the molecule is O=Cc1cn(C2CCCCC2)nc1-c1ccc(Br)cn1. The van der Waals surface area contributed by atoms with Crippen molar-refractivity contribution in [2.24, 2.45) is 0 Å². The minimum atomic E-state index is 0.423. The Morgan fingerprint density at radius 1 is 1.25 bits per heavy atom. The molecule has 0 saturated heterocycles. The molecule has 1 aliphatic rings. The summed E-state index contributed by atoms with van der Waals surface area (Å²) >= 11 is 3.36. The van der Waals surface area contributed by atoms with E-state index >= 15 is 0 Å². The highest BCUT2D eigenvalue weighted by Crippen LogP contribution is 2.29. The first-order valence-electron chi connectivity index (χ1n) is 6.94. The van der Waals surface area contributed by atoms with Crippen LogP contribution in [0, 0.1) is 0 Å². The van der Waals surface area contributed by atoms with E-state index in [1.165, 1.54) is 19.3 Å². The van der Waals surface area contributed by atoms with Crippen molar-refractivity contribution in [2.45, 2.75) is 38.1 Å². The number of aldehydes is 1. The molecule has 104 valence electrons. The Bertz CT molecular complexity index is 600. The number of aromatic nitrogens is 3. The summed E-state index contributed by atoms with van der Waals surface area (Å²) in [7, 11) is 0. The molecular formula is C15H16BrN3O. The molecular weight excluding hydrogens is 318 g/mol. The quantitative estimate of drug-likeness (QED) is 0.797. The normalized spacial score (nSPS) is 16.2. The Hall–Kier alpha value is -1.49. The zero-order valence-corrected chi connectivity index (χ0v) is 12.7. The van der Waals surface area contributed by atoms with Crippen LogP contribution in [0.5, 0.6) is 0 Å². The number of nitrogens with zero attached hydrogens (tertiary/aromatic N) is 3. The fourth-order valence-electron chi connectivity index (χ4n) is 2.74. The first kappa shape index (κ1) is 13.5. The van der Waals surface area contributed by atoms with Crippen LogP contribution in [-0.4, -0.2) is 21.1 Å². The summed E-state index contributed by atoms with van der Waals surface area (Å²) in [6.45, 7) is 0. The maximum Gasteiger partial charge on any atom is 0.153 e. The van der Waals surface area contributed by atoms with Crippen molar-refractivity contribution in [1.82, 2.24) is 14.8 Å². The predicted molar refractivity (Wildman–Crippen MR) is 80.7 cm³/mol. The van der Waals surface area contributed by atoms with Crippen molar-refractivity contribution in [1.29, 1.82) is 0 Å². The highest BCUT2D eigenvalue weighted by atomic mass is 79.9. The van der Waals surface area contributed by atoms with Gasteiger partial charge in [0.05, 0.1) is 17.3 Å². The van der Waals surface area contributed by atoms with Gasteiger partial charge in [-0.25, -0.2) is 0 Å². The summed E-state index contributed by atoms with van der Waals surface area (Å²) in [5.41, 5.74) is 2.04. The number of rotatable bonds is 3. The lowest BCUT2D eigenvalue weighted by atomic mass is 9.96. The second-order valence-corrected chi connectivity index (χ2v) is 6.10. The minimum Gasteiger partial charge on any atom is -0.298 e. The molecule has 2 aromatic rings. The topological polar surface area (TPSA) is 47.8 Å². The first-order chi connectivity index (χ1) is 9.78. The molecule has 0 spiro atoms. The van der Waals surface area contributed by atoms with E-state index in [1.54, 1.807) is 6.20 Å². The van der Waals surface area contributed by atoms with Gasteiger partial charge in [0, 0.05) is 16.9 Å². The van der Waals surface area contributed by atoms with Gasteiger partial charge < -0.3 is 0 Å². The lowest BCUT2D eigenvalue weighted by Crippen LogP contribution is -2.13. The molecule has 3 rings (SSSR count). The molecule has 0 aliphatic heterocycles. The molecule has 0 unspecified atom stereocenters. The number of halogens is 1. The van der Waals surface area contributed by atoms with Crippen LogP contribution < -0.4 is 0 Å². The summed E-state index contributed by atoms with van der Waals surface area (Å²) in [6, 6.07) is 4.22. The van der Waals surface area contributed by atoms with E-state index in [1.807, 2.05) is 23.0 Å². The maximum absolute atomic E-state index is 11.3. The van der Waals surface area contributed by atoms with Crippen LogP contribution in [0.15, 0.2) is 29.0 Å². The monoisotopic (exact) mass is 333 g/mol. The maximum atomic E-state index is 11.3. The second kappa shape index (κ2) is 5.87. The van der Waals surface area contributed by atoms with Crippen LogP contribution in [-0.2, 0) is 0 Å². The van der Waals surface area contributed by atoms with E-state index in [2.05, 4.69) is 26.0 Å². The Balaban J connectivity index is 1.95. The van der Waals surface area contributed by atoms with Crippen molar-refractivity contribution >= 4 is 22.2 Å². The molecule has 0 bridgehead atoms. The van der Waals surface area contributed by atoms with Gasteiger partial charge in [0.25, 0.3) is 0 Å². The van der Waals surface area contributed by atoms with Gasteiger partial charge in [0.1, 0.15) is 5.69 Å². The molecule has 0 atom stereocenters. The van der Waals surface area contributed by atoms with Crippen LogP contribution >= 0.6 is 15.9 Å². The lowest BCUT2D eigenvalue weighted by molar-refractivity contribution is 0.112. The van der Waals surface area contributed by atoms with Crippen LogP contribution in [0.3, 0.4) is 0 Å². The van der Waals surface area contributed by atoms with E-state index in [0.717, 1.165) is 29.3 Å². The standard InChI is InChI=1S/C15H16BrN3O/c16-12-6-7-14(17-8-12)15-11(10-20)9-19(18-15)13-4-2-1-3-5-13/h6-10,13H,1-5H2. The Morgan fingerprint density at radius 2 is 2.05 bits per heavy atom. The molecule has 0 aromatic carbocycles. The van der Waals surface area contributed by atoms with Crippen molar-refractivity contribution in [3.05, 3.63) is 34.6 Å². The molecule has 0 amide bonds. The Morgan fingerprint density at radius 3 is 2.70 bits per heavy atom. The third-order valence-electron chi connectivity index (χ3n) is 3.81. The molecule has 1 saturated carbocycles. The van der Waals surface area contributed by atoms with Gasteiger partial charge >= 0.3 is 0 Å². The van der Waals surface area contributed by atoms with Crippen LogP contribution in [0.2, 0.25) is 0 Å². The lowest BCUT2D eigenvalue weighted by Gasteiger charge is -2.21. The molecule has 4 nitrogen and oxygen atoms in total. The van der Waals surface area contributed by atoms with Gasteiger partial charge in [0.2, 0.25) is 0 Å². The molecule has 2 heterocycles. The van der Waals surface area contributed by atoms with Gasteiger partial charge in [-0.3, -0.25) is 14.5 Å².